The molecule has 7 aromatic carbocycles. The molecule has 0 amide bonds. The molecular weight excluding hydrogens is 599 g/mol. The van der Waals surface area contributed by atoms with Gasteiger partial charge in [-0.1, -0.05) is 147 Å². The van der Waals surface area contributed by atoms with Gasteiger partial charge in [0.25, 0.3) is 0 Å². The number of hydrogen-bond donors (Lipinski definition) is 1. The highest BCUT2D eigenvalue weighted by molar-refractivity contribution is 7.91. The molecule has 2 aliphatic rings. The second-order valence-corrected chi connectivity index (χ2v) is 16.4. The van der Waals surface area contributed by atoms with Gasteiger partial charge in [-0.3, -0.25) is 0 Å². The van der Waals surface area contributed by atoms with Gasteiger partial charge in [0.05, 0.1) is 5.41 Å². The first-order valence-electron chi connectivity index (χ1n) is 16.7. The van der Waals surface area contributed by atoms with Crippen LogP contribution in [0.25, 0.3) is 22.3 Å². The van der Waals surface area contributed by atoms with Crippen LogP contribution < -0.4 is 15.9 Å². The first kappa shape index (κ1) is 29.1. The van der Waals surface area contributed by atoms with Crippen LogP contribution in [0.3, 0.4) is 0 Å². The Morgan fingerprint density at radius 2 is 0.833 bits per heavy atom. The summed E-state index contributed by atoms with van der Waals surface area (Å²) in [4.78, 5) is 12.7. The van der Waals surface area contributed by atoms with E-state index in [-0.39, 0.29) is 5.41 Å². The molecule has 0 radical (unpaired) electrons. The Labute approximate surface area is 283 Å². The summed E-state index contributed by atoms with van der Waals surface area (Å²) in [6, 6.07) is 63.1. The lowest BCUT2D eigenvalue weighted by molar-refractivity contribution is 0.563. The monoisotopic (exact) mass is 635 g/mol. The third-order valence-corrected chi connectivity index (χ3v) is 14.0. The van der Waals surface area contributed by atoms with Gasteiger partial charge in [0.15, 0.2) is 0 Å². The van der Waals surface area contributed by atoms with Gasteiger partial charge in [0.1, 0.15) is 15.9 Å². The van der Waals surface area contributed by atoms with Crippen molar-refractivity contribution in [1.29, 1.82) is 0 Å². The standard InChI is InChI=1S/C46H36OP/c1-45(2)41-24-11-13-26-43(41)46(44-27-14-12-25-42(44)45)39-23-10-9-22-37(39)38-31-33(28-29-40(38)46)32-16-15-21-36(30-32)48(47,34-17-5-3-6-18-34)35-19-7-4-8-20-35/h3-31,47H,1-2H3/q+1. The molecule has 0 unspecified atom stereocenters. The molecular formula is C46H36OP+. The lowest BCUT2D eigenvalue weighted by Crippen LogP contribution is -2.40. The molecule has 0 atom stereocenters. The van der Waals surface area contributed by atoms with Crippen molar-refractivity contribution in [2.45, 2.75) is 24.7 Å². The second kappa shape index (κ2) is 10.7. The van der Waals surface area contributed by atoms with E-state index in [1.807, 2.05) is 36.4 Å². The van der Waals surface area contributed by atoms with Gasteiger partial charge in [-0.25, -0.2) is 4.89 Å². The smallest absolute Gasteiger partial charge is 0.235 e. The summed E-state index contributed by atoms with van der Waals surface area (Å²) in [5.41, 5.74) is 12.5. The van der Waals surface area contributed by atoms with E-state index in [0.29, 0.717) is 0 Å². The van der Waals surface area contributed by atoms with E-state index in [4.69, 9.17) is 0 Å². The Morgan fingerprint density at radius 3 is 1.44 bits per heavy atom. The summed E-state index contributed by atoms with van der Waals surface area (Å²) in [5, 5.41) is 2.86. The topological polar surface area (TPSA) is 20.2 Å². The zero-order chi connectivity index (χ0) is 32.5. The number of rotatable bonds is 4. The summed E-state index contributed by atoms with van der Waals surface area (Å²) in [7, 11) is -2.86. The molecule has 0 saturated carbocycles. The fourth-order valence-corrected chi connectivity index (χ4v) is 11.4. The zero-order valence-electron chi connectivity index (χ0n) is 27.1. The van der Waals surface area contributed by atoms with Crippen molar-refractivity contribution in [2.24, 2.45) is 0 Å². The Bertz CT molecular complexity index is 2250. The summed E-state index contributed by atoms with van der Waals surface area (Å²) in [6.07, 6.45) is 0. The van der Waals surface area contributed by atoms with Crippen LogP contribution in [0.2, 0.25) is 0 Å². The fraction of sp³-hybridized carbons (Fsp3) is 0.0870. The third-order valence-electron chi connectivity index (χ3n) is 10.9. The molecule has 0 fully saturated rings. The molecule has 0 heterocycles. The Kier molecular flexibility index (Phi) is 6.50. The predicted octanol–water partition coefficient (Wildman–Crippen LogP) is 9.56. The number of fused-ring (bicyclic) bond motifs is 9. The largest absolute Gasteiger partial charge is 0.238 e. The first-order valence-corrected chi connectivity index (χ1v) is 18.5. The highest BCUT2D eigenvalue weighted by Gasteiger charge is 2.53. The van der Waals surface area contributed by atoms with Crippen LogP contribution in [0.1, 0.15) is 47.2 Å². The zero-order valence-corrected chi connectivity index (χ0v) is 28.0. The SMILES string of the molecule is CC1(C)c2ccccc2C2(c3ccccc3-c3cc(-c4cccc([P+](O)(c5ccccc5)c5ccccc5)c4)ccc32)c2ccccc21. The molecule has 48 heavy (non-hydrogen) atoms. The van der Waals surface area contributed by atoms with E-state index in [1.54, 1.807) is 0 Å². The molecule has 0 bridgehead atoms. The van der Waals surface area contributed by atoms with E-state index in [0.717, 1.165) is 27.0 Å². The minimum absolute atomic E-state index is 0.117. The van der Waals surface area contributed by atoms with Crippen molar-refractivity contribution in [2.75, 3.05) is 0 Å². The normalized spacial score (nSPS) is 14.9. The van der Waals surface area contributed by atoms with Crippen molar-refractivity contribution in [3.05, 3.63) is 209 Å². The fourth-order valence-electron chi connectivity index (χ4n) is 8.67. The summed E-state index contributed by atoms with van der Waals surface area (Å²) < 4.78 is 0. The first-order chi connectivity index (χ1) is 23.4. The Hall–Kier alpha value is -5.07. The van der Waals surface area contributed by atoms with Gasteiger partial charge in [-0.05, 0) is 98.1 Å². The molecule has 0 aromatic heterocycles. The Morgan fingerprint density at radius 1 is 0.375 bits per heavy atom. The van der Waals surface area contributed by atoms with Crippen molar-refractivity contribution >= 4 is 23.4 Å². The van der Waals surface area contributed by atoms with Crippen molar-refractivity contribution in [3.63, 3.8) is 0 Å². The van der Waals surface area contributed by atoms with Crippen LogP contribution in [0, 0.1) is 0 Å². The van der Waals surface area contributed by atoms with Crippen LogP contribution in [0.4, 0.5) is 0 Å². The predicted molar refractivity (Wildman–Crippen MR) is 202 cm³/mol. The van der Waals surface area contributed by atoms with Gasteiger partial charge >= 0.3 is 0 Å². The molecule has 0 aliphatic heterocycles. The number of benzene rings is 7. The van der Waals surface area contributed by atoms with E-state index < -0.39 is 12.9 Å². The minimum Gasteiger partial charge on any atom is -0.235 e. The van der Waals surface area contributed by atoms with Crippen LogP contribution in [-0.4, -0.2) is 4.89 Å². The molecule has 230 valence electrons. The molecule has 1 nitrogen and oxygen atoms in total. The van der Waals surface area contributed by atoms with Crippen LogP contribution in [-0.2, 0) is 10.8 Å². The lowest BCUT2D eigenvalue weighted by atomic mass is 9.55. The maximum absolute atomic E-state index is 12.7. The summed E-state index contributed by atoms with van der Waals surface area (Å²) in [6.45, 7) is 4.73. The third kappa shape index (κ3) is 3.93. The molecule has 1 N–H and O–H groups in total. The van der Waals surface area contributed by atoms with Gasteiger partial charge in [0, 0.05) is 5.41 Å². The number of hydrogen-bond acceptors (Lipinski definition) is 1. The van der Waals surface area contributed by atoms with Crippen molar-refractivity contribution < 1.29 is 4.89 Å². The minimum atomic E-state index is -2.86. The maximum Gasteiger partial charge on any atom is 0.238 e. The van der Waals surface area contributed by atoms with Gasteiger partial charge in [-0.15, -0.1) is 0 Å². The van der Waals surface area contributed by atoms with Crippen LogP contribution >= 0.6 is 7.49 Å². The summed E-state index contributed by atoms with van der Waals surface area (Å²) >= 11 is 0. The molecule has 0 saturated heterocycles. The van der Waals surface area contributed by atoms with E-state index >= 15 is 0 Å². The molecule has 2 aliphatic carbocycles. The maximum atomic E-state index is 12.7. The van der Waals surface area contributed by atoms with Gasteiger partial charge in [0.2, 0.25) is 7.49 Å². The molecule has 1 spiro atoms. The highest BCUT2D eigenvalue weighted by atomic mass is 31.2. The second-order valence-electron chi connectivity index (χ2n) is 13.6. The van der Waals surface area contributed by atoms with Gasteiger partial charge in [-0.2, -0.15) is 0 Å². The average molecular weight is 636 g/mol. The van der Waals surface area contributed by atoms with Gasteiger partial charge < -0.3 is 0 Å². The molecule has 7 aromatic rings. The van der Waals surface area contributed by atoms with Crippen molar-refractivity contribution in [3.8, 4) is 22.3 Å². The average Bonchev–Trinajstić information content (AvgIpc) is 3.45. The molecule has 9 rings (SSSR count). The summed E-state index contributed by atoms with van der Waals surface area (Å²) in [5.74, 6) is 0. The molecule has 2 heteroatoms. The van der Waals surface area contributed by atoms with E-state index in [1.165, 1.54) is 44.5 Å². The van der Waals surface area contributed by atoms with E-state index in [2.05, 4.69) is 153 Å². The quantitative estimate of drug-likeness (QED) is 0.191. The highest BCUT2D eigenvalue weighted by Crippen LogP contribution is 2.62. The van der Waals surface area contributed by atoms with E-state index in [9.17, 15) is 4.89 Å². The van der Waals surface area contributed by atoms with Crippen LogP contribution in [0.5, 0.6) is 0 Å². The Balaban J connectivity index is 1.26. The lowest BCUT2D eigenvalue weighted by Gasteiger charge is -2.46. The van der Waals surface area contributed by atoms with Crippen LogP contribution in [0.15, 0.2) is 176 Å². The van der Waals surface area contributed by atoms with Crippen molar-refractivity contribution in [1.82, 2.24) is 0 Å².